The topological polar surface area (TPSA) is 101 Å². The van der Waals surface area contributed by atoms with Gasteiger partial charge in [-0.25, -0.2) is 4.99 Å². The zero-order valence-corrected chi connectivity index (χ0v) is 16.7. The van der Waals surface area contributed by atoms with E-state index in [1.54, 1.807) is 32.4 Å². The zero-order valence-electron chi connectivity index (χ0n) is 16.7. The van der Waals surface area contributed by atoms with Crippen LogP contribution in [0.1, 0.15) is 21.6 Å². The Hall–Kier alpha value is -3.46. The van der Waals surface area contributed by atoms with E-state index in [0.717, 1.165) is 11.4 Å². The third-order valence-electron chi connectivity index (χ3n) is 5.16. The van der Waals surface area contributed by atoms with Gasteiger partial charge in [-0.2, -0.15) is 0 Å². The minimum absolute atomic E-state index is 0.126. The summed E-state index contributed by atoms with van der Waals surface area (Å²) in [7, 11) is 1.58. The van der Waals surface area contributed by atoms with E-state index < -0.39 is 0 Å². The third-order valence-corrected chi connectivity index (χ3v) is 5.16. The van der Waals surface area contributed by atoms with Crippen LogP contribution in [0.15, 0.2) is 40.4 Å². The van der Waals surface area contributed by atoms with Crippen LogP contribution in [0.3, 0.4) is 0 Å². The molecule has 1 N–H and O–H groups in total. The second-order valence-corrected chi connectivity index (χ2v) is 7.14. The summed E-state index contributed by atoms with van der Waals surface area (Å²) in [6.07, 6.45) is 1.78. The fraction of sp³-hybridized carbons (Fsp3) is 0.333. The molecule has 0 radical (unpaired) electrons. The maximum Gasteiger partial charge on any atom is 0.259 e. The van der Waals surface area contributed by atoms with Crippen molar-refractivity contribution >= 4 is 23.4 Å². The summed E-state index contributed by atoms with van der Waals surface area (Å²) < 4.78 is 16.7. The highest BCUT2D eigenvalue weighted by Gasteiger charge is 2.34. The quantitative estimate of drug-likeness (QED) is 0.757. The van der Waals surface area contributed by atoms with Crippen molar-refractivity contribution in [1.82, 2.24) is 15.2 Å². The number of methoxy groups -OCH3 is 1. The summed E-state index contributed by atoms with van der Waals surface area (Å²) in [5.41, 5.74) is 2.58. The van der Waals surface area contributed by atoms with E-state index in [4.69, 9.17) is 19.2 Å². The summed E-state index contributed by atoms with van der Waals surface area (Å²) in [6, 6.07) is 7.25. The number of amides is 1. The zero-order chi connectivity index (χ0) is 20.7. The number of aryl methyl sites for hydroxylation is 1. The molecule has 1 atom stereocenters. The number of pyridine rings is 1. The maximum atomic E-state index is 12.9. The predicted octanol–water partition coefficient (Wildman–Crippen LogP) is 1.67. The van der Waals surface area contributed by atoms with Gasteiger partial charge in [0, 0.05) is 24.0 Å². The molecule has 154 valence electrons. The van der Waals surface area contributed by atoms with Crippen molar-refractivity contribution in [3.05, 3.63) is 47.3 Å². The van der Waals surface area contributed by atoms with Gasteiger partial charge in [0.2, 0.25) is 5.96 Å². The Morgan fingerprint density at radius 2 is 2.23 bits per heavy atom. The summed E-state index contributed by atoms with van der Waals surface area (Å²) in [5, 5.41) is 2.92. The van der Waals surface area contributed by atoms with Gasteiger partial charge in [-0.05, 0) is 31.2 Å². The monoisotopic (exact) mass is 407 g/mol. The van der Waals surface area contributed by atoms with Crippen LogP contribution in [0.2, 0.25) is 0 Å². The molecule has 1 saturated heterocycles. The van der Waals surface area contributed by atoms with Crippen LogP contribution in [0.4, 0.5) is 5.69 Å². The fourth-order valence-electron chi connectivity index (χ4n) is 3.54. The van der Waals surface area contributed by atoms with Gasteiger partial charge < -0.3 is 14.2 Å². The lowest BCUT2D eigenvalue weighted by Crippen LogP contribution is -2.47. The number of amidine groups is 1. The number of carbonyl (C=O) groups is 1. The van der Waals surface area contributed by atoms with Crippen molar-refractivity contribution in [2.75, 3.05) is 33.4 Å². The number of benzene rings is 1. The highest BCUT2D eigenvalue weighted by Crippen LogP contribution is 2.43. The molecule has 0 spiro atoms. The molecule has 1 fully saturated rings. The summed E-state index contributed by atoms with van der Waals surface area (Å²) in [5.74, 6) is 1.98. The number of epoxide rings is 1. The molecule has 4 heterocycles. The Morgan fingerprint density at radius 1 is 1.37 bits per heavy atom. The SMILES string of the molecule is COc1c(OC[C@H]2CO2)ccc2c1N=C(NC(=O)c1cccnc1C)N1CCN=C21. The number of aliphatic imine (C=N–C) groups is 2. The first kappa shape index (κ1) is 18.6. The Labute approximate surface area is 173 Å². The first-order valence-electron chi connectivity index (χ1n) is 9.75. The van der Waals surface area contributed by atoms with E-state index in [1.807, 2.05) is 17.0 Å². The molecular weight excluding hydrogens is 386 g/mol. The first-order chi connectivity index (χ1) is 14.7. The molecule has 1 amide bonds. The van der Waals surface area contributed by atoms with Gasteiger partial charge in [-0.1, -0.05) is 0 Å². The van der Waals surface area contributed by atoms with Crippen molar-refractivity contribution < 1.29 is 19.0 Å². The molecule has 5 rings (SSSR count). The number of carbonyl (C=O) groups excluding carboxylic acids is 1. The number of nitrogens with one attached hydrogen (secondary N) is 1. The lowest BCUT2D eigenvalue weighted by atomic mass is 10.1. The number of fused-ring (bicyclic) bond motifs is 3. The van der Waals surface area contributed by atoms with Gasteiger partial charge in [0.05, 0.1) is 25.8 Å². The highest BCUT2D eigenvalue weighted by atomic mass is 16.6. The van der Waals surface area contributed by atoms with Crippen molar-refractivity contribution in [2.45, 2.75) is 13.0 Å². The standard InChI is InChI=1S/C21H21N5O4/c1-12-14(4-3-7-22-12)20(27)25-21-24-17-15(19-23-8-9-26(19)21)5-6-16(18(17)28-2)30-11-13-10-29-13/h3-7,13H,8-11H2,1-2H3,(H,24,25,27)/t13-/m1/s1. The van der Waals surface area contributed by atoms with Gasteiger partial charge in [0.15, 0.2) is 11.5 Å². The molecule has 0 aliphatic carbocycles. The van der Waals surface area contributed by atoms with Crippen LogP contribution in [0.5, 0.6) is 11.5 Å². The highest BCUT2D eigenvalue weighted by molar-refractivity contribution is 6.20. The molecule has 0 bridgehead atoms. The average molecular weight is 407 g/mol. The second kappa shape index (κ2) is 7.42. The van der Waals surface area contributed by atoms with Crippen molar-refractivity contribution in [1.29, 1.82) is 0 Å². The second-order valence-electron chi connectivity index (χ2n) is 7.14. The van der Waals surface area contributed by atoms with Gasteiger partial charge in [0.25, 0.3) is 5.91 Å². The summed E-state index contributed by atoms with van der Waals surface area (Å²) >= 11 is 0. The van der Waals surface area contributed by atoms with Crippen LogP contribution in [0.25, 0.3) is 0 Å². The van der Waals surface area contributed by atoms with E-state index in [-0.39, 0.29) is 12.0 Å². The van der Waals surface area contributed by atoms with Gasteiger partial charge in [-0.15, -0.1) is 0 Å². The van der Waals surface area contributed by atoms with Crippen LogP contribution in [-0.4, -0.2) is 67.1 Å². The van der Waals surface area contributed by atoms with Gasteiger partial charge in [0.1, 0.15) is 24.2 Å². The molecule has 9 nitrogen and oxygen atoms in total. The van der Waals surface area contributed by atoms with E-state index in [0.29, 0.717) is 60.7 Å². The lowest BCUT2D eigenvalue weighted by Gasteiger charge is -2.28. The number of rotatable bonds is 5. The summed E-state index contributed by atoms with van der Waals surface area (Å²) in [4.78, 5) is 28.3. The maximum absolute atomic E-state index is 12.9. The molecule has 3 aliphatic heterocycles. The number of nitrogens with zero attached hydrogens (tertiary/aromatic N) is 4. The fourth-order valence-corrected chi connectivity index (χ4v) is 3.54. The smallest absolute Gasteiger partial charge is 0.259 e. The van der Waals surface area contributed by atoms with Crippen LogP contribution in [-0.2, 0) is 4.74 Å². The Bertz CT molecular complexity index is 1080. The number of hydrogen-bond donors (Lipinski definition) is 1. The van der Waals surface area contributed by atoms with Gasteiger partial charge >= 0.3 is 0 Å². The number of guanidine groups is 1. The Balaban J connectivity index is 1.51. The normalized spacial score (nSPS) is 18.7. The number of ether oxygens (including phenoxy) is 3. The summed E-state index contributed by atoms with van der Waals surface area (Å²) in [6.45, 7) is 4.22. The van der Waals surface area contributed by atoms with E-state index in [9.17, 15) is 4.79 Å². The average Bonchev–Trinajstić information content (AvgIpc) is 3.45. The van der Waals surface area contributed by atoms with Crippen LogP contribution >= 0.6 is 0 Å². The van der Waals surface area contributed by atoms with Crippen LogP contribution in [0, 0.1) is 6.92 Å². The van der Waals surface area contributed by atoms with E-state index in [2.05, 4.69) is 15.3 Å². The van der Waals surface area contributed by atoms with Crippen LogP contribution < -0.4 is 14.8 Å². The molecule has 1 aromatic carbocycles. The molecule has 2 aromatic rings. The molecular formula is C21H21N5O4. The van der Waals surface area contributed by atoms with Gasteiger partial charge in [-0.3, -0.25) is 25.0 Å². The Kier molecular flexibility index (Phi) is 4.59. The molecule has 1 aromatic heterocycles. The molecule has 0 unspecified atom stereocenters. The minimum atomic E-state index is -0.272. The largest absolute Gasteiger partial charge is 0.491 e. The molecule has 9 heteroatoms. The predicted molar refractivity (Wildman–Crippen MR) is 110 cm³/mol. The van der Waals surface area contributed by atoms with Crippen molar-refractivity contribution in [3.63, 3.8) is 0 Å². The minimum Gasteiger partial charge on any atom is -0.491 e. The third kappa shape index (κ3) is 3.26. The first-order valence-corrected chi connectivity index (χ1v) is 9.75. The number of hydrogen-bond acceptors (Lipinski definition) is 8. The molecule has 30 heavy (non-hydrogen) atoms. The number of aromatic nitrogens is 1. The van der Waals surface area contributed by atoms with Crippen molar-refractivity contribution in [3.8, 4) is 11.5 Å². The molecule has 3 aliphatic rings. The van der Waals surface area contributed by atoms with Crippen molar-refractivity contribution in [2.24, 2.45) is 9.98 Å². The molecule has 0 saturated carbocycles. The van der Waals surface area contributed by atoms with E-state index in [1.165, 1.54) is 0 Å². The lowest BCUT2D eigenvalue weighted by molar-refractivity contribution is 0.0973. The Morgan fingerprint density at radius 3 is 3.00 bits per heavy atom. The van der Waals surface area contributed by atoms with E-state index >= 15 is 0 Å².